The topological polar surface area (TPSA) is 60.0 Å². The SMILES string of the molecule is CN=C(NCCC(=O)N1CCN(c2ccc(F)cc2)CC1)NC1CC=CC1. The van der Waals surface area contributed by atoms with Gasteiger partial charge in [-0.3, -0.25) is 9.79 Å². The largest absolute Gasteiger partial charge is 0.368 e. The molecule has 146 valence electrons. The van der Waals surface area contributed by atoms with Crippen LogP contribution < -0.4 is 15.5 Å². The van der Waals surface area contributed by atoms with Crippen molar-refractivity contribution in [3.63, 3.8) is 0 Å². The van der Waals surface area contributed by atoms with Crippen molar-refractivity contribution in [1.82, 2.24) is 15.5 Å². The van der Waals surface area contributed by atoms with Crippen LogP contribution >= 0.6 is 0 Å². The highest BCUT2D eigenvalue weighted by atomic mass is 19.1. The van der Waals surface area contributed by atoms with Crippen LogP contribution in [0.4, 0.5) is 10.1 Å². The summed E-state index contributed by atoms with van der Waals surface area (Å²) in [6.07, 6.45) is 6.80. The van der Waals surface area contributed by atoms with Gasteiger partial charge in [0.05, 0.1) is 0 Å². The number of halogens is 1. The van der Waals surface area contributed by atoms with Gasteiger partial charge in [-0.25, -0.2) is 4.39 Å². The molecule has 1 aliphatic heterocycles. The molecule has 1 aromatic carbocycles. The van der Waals surface area contributed by atoms with Crippen molar-refractivity contribution in [2.24, 2.45) is 4.99 Å². The maximum atomic E-state index is 13.0. The van der Waals surface area contributed by atoms with Crippen molar-refractivity contribution in [2.75, 3.05) is 44.7 Å². The standard InChI is InChI=1S/C20H28FN5O/c1-22-20(24-17-4-2-3-5-17)23-11-10-19(27)26-14-12-25(13-15-26)18-8-6-16(21)7-9-18/h2-3,6-9,17H,4-5,10-15H2,1H3,(H2,22,23,24). The van der Waals surface area contributed by atoms with Crippen LogP contribution in [0.15, 0.2) is 41.4 Å². The van der Waals surface area contributed by atoms with Gasteiger partial charge in [-0.2, -0.15) is 0 Å². The summed E-state index contributed by atoms with van der Waals surface area (Å²) in [7, 11) is 1.74. The summed E-state index contributed by atoms with van der Waals surface area (Å²) < 4.78 is 13.0. The number of carbonyl (C=O) groups excluding carboxylic acids is 1. The van der Waals surface area contributed by atoms with Crippen molar-refractivity contribution < 1.29 is 9.18 Å². The number of hydrogen-bond donors (Lipinski definition) is 2. The molecule has 0 saturated carbocycles. The van der Waals surface area contributed by atoms with E-state index in [0.717, 1.165) is 37.6 Å². The van der Waals surface area contributed by atoms with E-state index < -0.39 is 0 Å². The van der Waals surface area contributed by atoms with Gasteiger partial charge in [-0.1, -0.05) is 12.2 Å². The molecule has 0 atom stereocenters. The summed E-state index contributed by atoms with van der Waals surface area (Å²) in [4.78, 5) is 20.8. The zero-order valence-corrected chi connectivity index (χ0v) is 15.8. The molecule has 0 unspecified atom stereocenters. The van der Waals surface area contributed by atoms with E-state index in [-0.39, 0.29) is 11.7 Å². The van der Waals surface area contributed by atoms with E-state index in [4.69, 9.17) is 0 Å². The highest BCUT2D eigenvalue weighted by molar-refractivity contribution is 5.81. The lowest BCUT2D eigenvalue weighted by Crippen LogP contribution is -2.49. The van der Waals surface area contributed by atoms with Gasteiger partial charge in [0.15, 0.2) is 5.96 Å². The lowest BCUT2D eigenvalue weighted by molar-refractivity contribution is -0.131. The summed E-state index contributed by atoms with van der Waals surface area (Å²) in [5.74, 6) is 0.672. The van der Waals surface area contributed by atoms with Crippen molar-refractivity contribution in [1.29, 1.82) is 0 Å². The van der Waals surface area contributed by atoms with Crippen LogP contribution in [0.25, 0.3) is 0 Å². The summed E-state index contributed by atoms with van der Waals surface area (Å²) in [6, 6.07) is 6.92. The number of benzene rings is 1. The molecule has 1 amide bonds. The van der Waals surface area contributed by atoms with Crippen LogP contribution in [0.3, 0.4) is 0 Å². The van der Waals surface area contributed by atoms with Gasteiger partial charge in [-0.15, -0.1) is 0 Å². The Labute approximate surface area is 160 Å². The van der Waals surface area contributed by atoms with Gasteiger partial charge < -0.3 is 20.4 Å². The summed E-state index contributed by atoms with van der Waals surface area (Å²) in [5, 5.41) is 6.59. The van der Waals surface area contributed by atoms with E-state index in [9.17, 15) is 9.18 Å². The Kier molecular flexibility index (Phi) is 6.68. The zero-order valence-electron chi connectivity index (χ0n) is 15.8. The number of piperazine rings is 1. The van der Waals surface area contributed by atoms with Crippen molar-refractivity contribution >= 4 is 17.6 Å². The predicted molar refractivity (Wildman–Crippen MR) is 106 cm³/mol. The molecule has 0 spiro atoms. The molecular formula is C20H28FN5O. The highest BCUT2D eigenvalue weighted by Crippen LogP contribution is 2.17. The van der Waals surface area contributed by atoms with Crippen molar-refractivity contribution in [2.45, 2.75) is 25.3 Å². The van der Waals surface area contributed by atoms with Gasteiger partial charge in [0.25, 0.3) is 0 Å². The van der Waals surface area contributed by atoms with E-state index in [1.165, 1.54) is 12.1 Å². The molecule has 3 rings (SSSR count). The molecule has 1 aromatic rings. The molecule has 7 heteroatoms. The third-order valence-electron chi connectivity index (χ3n) is 5.03. The smallest absolute Gasteiger partial charge is 0.224 e. The van der Waals surface area contributed by atoms with E-state index in [2.05, 4.69) is 32.7 Å². The molecular weight excluding hydrogens is 345 g/mol. The Hall–Kier alpha value is -2.57. The maximum absolute atomic E-state index is 13.0. The second-order valence-electron chi connectivity index (χ2n) is 6.88. The monoisotopic (exact) mass is 373 g/mol. The number of nitrogens with zero attached hydrogens (tertiary/aromatic N) is 3. The van der Waals surface area contributed by atoms with Gasteiger partial charge in [0, 0.05) is 57.9 Å². The molecule has 1 aliphatic carbocycles. The number of nitrogens with one attached hydrogen (secondary N) is 2. The van der Waals surface area contributed by atoms with E-state index in [0.29, 0.717) is 32.1 Å². The van der Waals surface area contributed by atoms with Crippen molar-refractivity contribution in [3.05, 3.63) is 42.2 Å². The first-order valence-electron chi connectivity index (χ1n) is 9.56. The predicted octanol–water partition coefficient (Wildman–Crippen LogP) is 1.75. The Morgan fingerprint density at radius 1 is 1.15 bits per heavy atom. The first kappa shape index (κ1) is 19.2. The first-order chi connectivity index (χ1) is 13.2. The van der Waals surface area contributed by atoms with Crippen LogP contribution in [0.1, 0.15) is 19.3 Å². The summed E-state index contributed by atoms with van der Waals surface area (Å²) in [5.41, 5.74) is 1.00. The number of amides is 1. The number of aliphatic imine (C=N–C) groups is 1. The normalized spacial score (nSPS) is 18.1. The summed E-state index contributed by atoms with van der Waals surface area (Å²) >= 11 is 0. The van der Waals surface area contributed by atoms with Gasteiger partial charge >= 0.3 is 0 Å². The molecule has 1 saturated heterocycles. The molecule has 0 aromatic heterocycles. The van der Waals surface area contributed by atoms with Crippen LogP contribution in [-0.4, -0.2) is 62.6 Å². The zero-order chi connectivity index (χ0) is 19.1. The molecule has 0 bridgehead atoms. The molecule has 1 fully saturated rings. The van der Waals surface area contributed by atoms with Crippen molar-refractivity contribution in [3.8, 4) is 0 Å². The number of anilines is 1. The molecule has 2 N–H and O–H groups in total. The minimum Gasteiger partial charge on any atom is -0.368 e. The fraction of sp³-hybridized carbons (Fsp3) is 0.500. The van der Waals surface area contributed by atoms with Crippen LogP contribution in [0.2, 0.25) is 0 Å². The second kappa shape index (κ2) is 9.39. The number of carbonyl (C=O) groups is 1. The second-order valence-corrected chi connectivity index (χ2v) is 6.88. The van der Waals surface area contributed by atoms with Crippen LogP contribution in [0.5, 0.6) is 0 Å². The summed E-state index contributed by atoms with van der Waals surface area (Å²) in [6.45, 7) is 3.48. The third kappa shape index (κ3) is 5.45. The molecule has 1 heterocycles. The molecule has 2 aliphatic rings. The lowest BCUT2D eigenvalue weighted by atomic mass is 10.2. The lowest BCUT2D eigenvalue weighted by Gasteiger charge is -2.36. The van der Waals surface area contributed by atoms with E-state index in [1.807, 2.05) is 4.90 Å². The molecule has 0 radical (unpaired) electrons. The fourth-order valence-electron chi connectivity index (χ4n) is 3.43. The minimum absolute atomic E-state index is 0.152. The van der Waals surface area contributed by atoms with Gasteiger partial charge in [-0.05, 0) is 37.1 Å². The van der Waals surface area contributed by atoms with E-state index in [1.54, 1.807) is 19.2 Å². The molecule has 27 heavy (non-hydrogen) atoms. The Balaban J connectivity index is 1.37. The maximum Gasteiger partial charge on any atom is 0.224 e. The number of hydrogen-bond acceptors (Lipinski definition) is 3. The Morgan fingerprint density at radius 3 is 2.44 bits per heavy atom. The average Bonchev–Trinajstić information content (AvgIpc) is 3.21. The number of rotatable bonds is 5. The Bertz CT molecular complexity index is 672. The van der Waals surface area contributed by atoms with E-state index >= 15 is 0 Å². The minimum atomic E-state index is -0.228. The van der Waals surface area contributed by atoms with Crippen LogP contribution in [-0.2, 0) is 4.79 Å². The first-order valence-corrected chi connectivity index (χ1v) is 9.56. The quantitative estimate of drug-likeness (QED) is 0.469. The van der Waals surface area contributed by atoms with Crippen LogP contribution in [0, 0.1) is 5.82 Å². The highest BCUT2D eigenvalue weighted by Gasteiger charge is 2.21. The fourth-order valence-corrected chi connectivity index (χ4v) is 3.43. The third-order valence-corrected chi connectivity index (χ3v) is 5.03. The average molecular weight is 373 g/mol. The van der Waals surface area contributed by atoms with Gasteiger partial charge in [0.2, 0.25) is 5.91 Å². The number of guanidine groups is 1. The molecule has 6 nitrogen and oxygen atoms in total. The van der Waals surface area contributed by atoms with Gasteiger partial charge in [0.1, 0.15) is 5.82 Å². The Morgan fingerprint density at radius 2 is 1.81 bits per heavy atom.